The molecule has 0 heterocycles. The minimum atomic E-state index is -0.378. The van der Waals surface area contributed by atoms with Gasteiger partial charge in [-0.1, -0.05) is 15.9 Å². The molecule has 2 aromatic rings. The van der Waals surface area contributed by atoms with Gasteiger partial charge in [0.15, 0.2) is 18.1 Å². The van der Waals surface area contributed by atoms with E-state index in [2.05, 4.69) is 26.5 Å². The SMILES string of the molecule is COc1cc(/C=N/NC(=O)COc2ccc(Br)cc2)cc(OC)c1OC. The molecular formula is C18H19BrN2O5. The number of nitrogens with zero attached hydrogens (tertiary/aromatic N) is 1. The number of hydrogen-bond donors (Lipinski definition) is 1. The third-order valence-electron chi connectivity index (χ3n) is 3.27. The molecule has 1 amide bonds. The van der Waals surface area contributed by atoms with Crippen LogP contribution in [0.3, 0.4) is 0 Å². The van der Waals surface area contributed by atoms with E-state index < -0.39 is 0 Å². The van der Waals surface area contributed by atoms with Gasteiger partial charge in [0.05, 0.1) is 27.5 Å². The lowest BCUT2D eigenvalue weighted by molar-refractivity contribution is -0.123. The first kappa shape index (κ1) is 19.6. The molecule has 1 N–H and O–H groups in total. The van der Waals surface area contributed by atoms with E-state index in [1.54, 1.807) is 24.3 Å². The molecule has 138 valence electrons. The Hall–Kier alpha value is -2.74. The van der Waals surface area contributed by atoms with Gasteiger partial charge in [-0.05, 0) is 36.4 Å². The fraction of sp³-hybridized carbons (Fsp3) is 0.222. The van der Waals surface area contributed by atoms with Gasteiger partial charge in [-0.25, -0.2) is 5.43 Å². The maximum atomic E-state index is 11.8. The number of hydrogen-bond acceptors (Lipinski definition) is 6. The Labute approximate surface area is 160 Å². The molecule has 0 aliphatic heterocycles. The van der Waals surface area contributed by atoms with E-state index in [9.17, 15) is 4.79 Å². The van der Waals surface area contributed by atoms with Crippen molar-refractivity contribution in [2.45, 2.75) is 0 Å². The lowest BCUT2D eigenvalue weighted by Gasteiger charge is -2.12. The van der Waals surface area contributed by atoms with Gasteiger partial charge < -0.3 is 18.9 Å². The van der Waals surface area contributed by atoms with Gasteiger partial charge in [-0.2, -0.15) is 5.10 Å². The van der Waals surface area contributed by atoms with Crippen LogP contribution in [-0.2, 0) is 4.79 Å². The highest BCUT2D eigenvalue weighted by atomic mass is 79.9. The maximum absolute atomic E-state index is 11.8. The Morgan fingerprint density at radius 3 is 2.23 bits per heavy atom. The predicted molar refractivity (Wildman–Crippen MR) is 101 cm³/mol. The highest BCUT2D eigenvalue weighted by Crippen LogP contribution is 2.37. The number of carbonyl (C=O) groups is 1. The molecule has 0 aliphatic carbocycles. The number of ether oxygens (including phenoxy) is 4. The van der Waals surface area contributed by atoms with Gasteiger partial charge in [0.2, 0.25) is 5.75 Å². The number of hydrazone groups is 1. The second kappa shape index (κ2) is 9.67. The summed E-state index contributed by atoms with van der Waals surface area (Å²) in [5.74, 6) is 1.70. The number of methoxy groups -OCH3 is 3. The highest BCUT2D eigenvalue weighted by Gasteiger charge is 2.12. The molecule has 0 radical (unpaired) electrons. The zero-order valence-corrected chi connectivity index (χ0v) is 16.2. The second-order valence-electron chi connectivity index (χ2n) is 4.99. The molecule has 0 unspecified atom stereocenters. The van der Waals surface area contributed by atoms with E-state index in [4.69, 9.17) is 18.9 Å². The lowest BCUT2D eigenvalue weighted by Crippen LogP contribution is -2.24. The molecule has 0 bridgehead atoms. The van der Waals surface area contributed by atoms with Crippen LogP contribution >= 0.6 is 15.9 Å². The minimum Gasteiger partial charge on any atom is -0.493 e. The van der Waals surface area contributed by atoms with Crippen molar-refractivity contribution < 1.29 is 23.7 Å². The molecule has 0 fully saturated rings. The first-order valence-electron chi connectivity index (χ1n) is 7.57. The van der Waals surface area contributed by atoms with E-state index in [-0.39, 0.29) is 12.5 Å². The topological polar surface area (TPSA) is 78.4 Å². The van der Waals surface area contributed by atoms with Gasteiger partial charge in [0.1, 0.15) is 5.75 Å². The number of nitrogens with one attached hydrogen (secondary N) is 1. The lowest BCUT2D eigenvalue weighted by atomic mass is 10.2. The van der Waals surface area contributed by atoms with E-state index in [0.717, 1.165) is 4.47 Å². The molecule has 0 spiro atoms. The number of rotatable bonds is 8. The van der Waals surface area contributed by atoms with Crippen molar-refractivity contribution in [3.8, 4) is 23.0 Å². The average Bonchev–Trinajstić information content (AvgIpc) is 2.66. The monoisotopic (exact) mass is 422 g/mol. The summed E-state index contributed by atoms with van der Waals surface area (Å²) in [4.78, 5) is 11.8. The molecule has 26 heavy (non-hydrogen) atoms. The number of benzene rings is 2. The number of amides is 1. The first-order valence-corrected chi connectivity index (χ1v) is 8.37. The maximum Gasteiger partial charge on any atom is 0.277 e. The summed E-state index contributed by atoms with van der Waals surface area (Å²) >= 11 is 3.33. The fourth-order valence-corrected chi connectivity index (χ4v) is 2.33. The highest BCUT2D eigenvalue weighted by molar-refractivity contribution is 9.10. The standard InChI is InChI=1S/C18H19BrN2O5/c1-23-15-8-12(9-16(24-2)18(15)25-3)10-20-21-17(22)11-26-14-6-4-13(19)5-7-14/h4-10H,11H2,1-3H3,(H,21,22)/b20-10+. The van der Waals surface area contributed by atoms with Gasteiger partial charge in [-0.15, -0.1) is 0 Å². The summed E-state index contributed by atoms with van der Waals surface area (Å²) < 4.78 is 22.1. The van der Waals surface area contributed by atoms with Crippen LogP contribution in [0.25, 0.3) is 0 Å². The first-order chi connectivity index (χ1) is 12.6. The summed E-state index contributed by atoms with van der Waals surface area (Å²) in [5, 5.41) is 3.91. The normalized spacial score (nSPS) is 10.5. The summed E-state index contributed by atoms with van der Waals surface area (Å²) in [6.07, 6.45) is 1.47. The summed E-state index contributed by atoms with van der Waals surface area (Å²) in [6, 6.07) is 10.6. The molecule has 0 aliphatic rings. The molecule has 2 rings (SSSR count). The van der Waals surface area contributed by atoms with Crippen LogP contribution < -0.4 is 24.4 Å². The average molecular weight is 423 g/mol. The van der Waals surface area contributed by atoms with E-state index >= 15 is 0 Å². The van der Waals surface area contributed by atoms with Gasteiger partial charge in [-0.3, -0.25) is 4.79 Å². The Morgan fingerprint density at radius 1 is 1.08 bits per heavy atom. The van der Waals surface area contributed by atoms with Crippen LogP contribution in [0.1, 0.15) is 5.56 Å². The molecule has 0 saturated heterocycles. The summed E-state index contributed by atoms with van der Waals surface area (Å²) in [6.45, 7) is -0.145. The zero-order chi connectivity index (χ0) is 18.9. The van der Waals surface area contributed by atoms with E-state index in [1.165, 1.54) is 27.5 Å². The van der Waals surface area contributed by atoms with Crippen molar-refractivity contribution >= 4 is 28.1 Å². The van der Waals surface area contributed by atoms with Crippen molar-refractivity contribution in [1.29, 1.82) is 0 Å². The van der Waals surface area contributed by atoms with Gasteiger partial charge in [0.25, 0.3) is 5.91 Å². The van der Waals surface area contributed by atoms with Crippen molar-refractivity contribution in [2.24, 2.45) is 5.10 Å². The largest absolute Gasteiger partial charge is 0.493 e. The van der Waals surface area contributed by atoms with Crippen LogP contribution in [0.15, 0.2) is 46.0 Å². The summed E-state index contributed by atoms with van der Waals surface area (Å²) in [5.41, 5.74) is 3.07. The number of carbonyl (C=O) groups excluding carboxylic acids is 1. The smallest absolute Gasteiger partial charge is 0.277 e. The minimum absolute atomic E-state index is 0.145. The molecule has 2 aromatic carbocycles. The zero-order valence-electron chi connectivity index (χ0n) is 14.6. The van der Waals surface area contributed by atoms with Crippen molar-refractivity contribution in [3.05, 3.63) is 46.4 Å². The van der Waals surface area contributed by atoms with Crippen LogP contribution in [0.2, 0.25) is 0 Å². The van der Waals surface area contributed by atoms with Crippen molar-refractivity contribution in [2.75, 3.05) is 27.9 Å². The molecule has 0 saturated carbocycles. The van der Waals surface area contributed by atoms with E-state index in [1.807, 2.05) is 12.1 Å². The molecule has 8 heteroatoms. The van der Waals surface area contributed by atoms with Gasteiger partial charge in [0, 0.05) is 10.0 Å². The Kier molecular flexibility index (Phi) is 7.28. The molecule has 0 aromatic heterocycles. The van der Waals surface area contributed by atoms with E-state index in [0.29, 0.717) is 28.6 Å². The predicted octanol–water partition coefficient (Wildman–Crippen LogP) is 3.00. The molecular weight excluding hydrogens is 404 g/mol. The third kappa shape index (κ3) is 5.38. The van der Waals surface area contributed by atoms with Crippen LogP contribution in [0.5, 0.6) is 23.0 Å². The fourth-order valence-electron chi connectivity index (χ4n) is 2.07. The Morgan fingerprint density at radius 2 is 1.69 bits per heavy atom. The van der Waals surface area contributed by atoms with Crippen molar-refractivity contribution in [1.82, 2.24) is 5.43 Å². The molecule has 0 atom stereocenters. The Bertz CT molecular complexity index is 753. The second-order valence-corrected chi connectivity index (χ2v) is 5.91. The third-order valence-corrected chi connectivity index (χ3v) is 3.80. The van der Waals surface area contributed by atoms with Crippen molar-refractivity contribution in [3.63, 3.8) is 0 Å². The summed E-state index contributed by atoms with van der Waals surface area (Å²) in [7, 11) is 4.58. The van der Waals surface area contributed by atoms with Crippen LogP contribution in [0.4, 0.5) is 0 Å². The van der Waals surface area contributed by atoms with Crippen LogP contribution in [0, 0.1) is 0 Å². The van der Waals surface area contributed by atoms with Gasteiger partial charge >= 0.3 is 0 Å². The number of halogens is 1. The quantitative estimate of drug-likeness (QED) is 0.522. The Balaban J connectivity index is 1.94. The van der Waals surface area contributed by atoms with Crippen LogP contribution in [-0.4, -0.2) is 40.1 Å². The molecule has 7 nitrogen and oxygen atoms in total.